The fraction of sp³-hybridized carbons (Fsp3) is 0.438. The van der Waals surface area contributed by atoms with Crippen molar-refractivity contribution in [2.75, 3.05) is 18.8 Å². The second-order valence-electron chi connectivity index (χ2n) is 5.73. The molecule has 0 bridgehead atoms. The highest BCUT2D eigenvalue weighted by atomic mass is 79.9. The van der Waals surface area contributed by atoms with E-state index in [9.17, 15) is 14.4 Å². The molecule has 3 rings (SSSR count). The van der Waals surface area contributed by atoms with Crippen molar-refractivity contribution in [2.45, 2.75) is 25.3 Å². The summed E-state index contributed by atoms with van der Waals surface area (Å²) in [6, 6.07) is 7.79. The molecule has 0 saturated carbocycles. The molecule has 0 aromatic heterocycles. The van der Waals surface area contributed by atoms with Gasteiger partial charge in [0.25, 0.3) is 5.24 Å². The van der Waals surface area contributed by atoms with Crippen LogP contribution in [0.5, 0.6) is 0 Å². The molecular formula is C16H17BrN2O3S. The first-order valence-electron chi connectivity index (χ1n) is 7.55. The maximum absolute atomic E-state index is 12.3. The Morgan fingerprint density at radius 2 is 2.00 bits per heavy atom. The van der Waals surface area contributed by atoms with Crippen LogP contribution >= 0.6 is 27.7 Å². The van der Waals surface area contributed by atoms with Gasteiger partial charge in [0.05, 0.1) is 11.8 Å². The van der Waals surface area contributed by atoms with E-state index in [1.54, 1.807) is 4.90 Å². The second kappa shape index (κ2) is 7.05. The highest BCUT2D eigenvalue weighted by molar-refractivity contribution is 9.10. The normalized spacial score (nSPS) is 21.3. The maximum atomic E-state index is 12.3. The highest BCUT2D eigenvalue weighted by Gasteiger charge is 2.39. The van der Waals surface area contributed by atoms with E-state index < -0.39 is 0 Å². The Kier molecular flexibility index (Phi) is 5.06. The van der Waals surface area contributed by atoms with E-state index in [0.29, 0.717) is 32.4 Å². The Balaban J connectivity index is 1.52. The highest BCUT2D eigenvalue weighted by Crippen LogP contribution is 2.26. The van der Waals surface area contributed by atoms with E-state index in [1.165, 1.54) is 4.90 Å². The zero-order chi connectivity index (χ0) is 16.4. The van der Waals surface area contributed by atoms with Gasteiger partial charge in [0, 0.05) is 24.0 Å². The minimum atomic E-state index is -0.177. The largest absolute Gasteiger partial charge is 0.341 e. The average molecular weight is 397 g/mol. The predicted molar refractivity (Wildman–Crippen MR) is 92.1 cm³/mol. The summed E-state index contributed by atoms with van der Waals surface area (Å²) in [7, 11) is 0. The molecular weight excluding hydrogens is 380 g/mol. The Morgan fingerprint density at radius 1 is 1.26 bits per heavy atom. The monoisotopic (exact) mass is 396 g/mol. The molecule has 1 atom stereocenters. The molecule has 122 valence electrons. The van der Waals surface area contributed by atoms with Crippen molar-refractivity contribution < 1.29 is 14.4 Å². The number of imide groups is 1. The topological polar surface area (TPSA) is 57.7 Å². The molecule has 2 fully saturated rings. The molecule has 0 unspecified atom stereocenters. The zero-order valence-electron chi connectivity index (χ0n) is 12.5. The Hall–Kier alpha value is -1.34. The maximum Gasteiger partial charge on any atom is 0.289 e. The van der Waals surface area contributed by atoms with Gasteiger partial charge in [-0.15, -0.1) is 0 Å². The van der Waals surface area contributed by atoms with E-state index in [-0.39, 0.29) is 28.8 Å². The minimum absolute atomic E-state index is 0.0853. The van der Waals surface area contributed by atoms with Crippen LogP contribution in [0, 0.1) is 0 Å². The van der Waals surface area contributed by atoms with Gasteiger partial charge in [0.1, 0.15) is 0 Å². The molecule has 5 nitrogen and oxygen atoms in total. The number of amides is 3. The summed E-state index contributed by atoms with van der Waals surface area (Å²) in [4.78, 5) is 39.0. The number of hydrogen-bond acceptors (Lipinski definition) is 4. The lowest BCUT2D eigenvalue weighted by molar-refractivity contribution is -0.131. The SMILES string of the molecule is O=C(CCc1ccc(Br)cc1)N1CC[C@@H](N2C(=O)CSC2=O)C1. The molecule has 7 heteroatoms. The van der Waals surface area contributed by atoms with Gasteiger partial charge in [-0.25, -0.2) is 0 Å². The van der Waals surface area contributed by atoms with Crippen LogP contribution in [0.3, 0.4) is 0 Å². The van der Waals surface area contributed by atoms with E-state index in [1.807, 2.05) is 24.3 Å². The van der Waals surface area contributed by atoms with Crippen molar-refractivity contribution in [1.82, 2.24) is 9.80 Å². The Bertz CT molecular complexity index is 619. The number of hydrogen-bond donors (Lipinski definition) is 0. The third kappa shape index (κ3) is 3.77. The molecule has 1 aromatic rings. The van der Waals surface area contributed by atoms with Gasteiger partial charge >= 0.3 is 0 Å². The van der Waals surface area contributed by atoms with Crippen LogP contribution in [0.15, 0.2) is 28.7 Å². The molecule has 2 saturated heterocycles. The number of halogens is 1. The number of aryl methyl sites for hydroxylation is 1. The minimum Gasteiger partial charge on any atom is -0.341 e. The average Bonchev–Trinajstić information content (AvgIpc) is 3.13. The van der Waals surface area contributed by atoms with Gasteiger partial charge in [-0.3, -0.25) is 19.3 Å². The van der Waals surface area contributed by atoms with Crippen LogP contribution in [0.4, 0.5) is 4.79 Å². The number of carbonyl (C=O) groups excluding carboxylic acids is 3. The van der Waals surface area contributed by atoms with Crippen LogP contribution in [0.1, 0.15) is 18.4 Å². The van der Waals surface area contributed by atoms with Crippen LogP contribution < -0.4 is 0 Å². The molecule has 0 spiro atoms. The number of carbonyl (C=O) groups is 3. The lowest BCUT2D eigenvalue weighted by atomic mass is 10.1. The molecule has 1 aromatic carbocycles. The Morgan fingerprint density at radius 3 is 2.65 bits per heavy atom. The third-order valence-corrected chi connectivity index (χ3v) is 5.57. The summed E-state index contributed by atoms with van der Waals surface area (Å²) in [5.41, 5.74) is 1.12. The molecule has 0 radical (unpaired) electrons. The first kappa shape index (κ1) is 16.5. The van der Waals surface area contributed by atoms with Crippen molar-refractivity contribution in [3.05, 3.63) is 34.3 Å². The van der Waals surface area contributed by atoms with Gasteiger partial charge in [-0.05, 0) is 30.5 Å². The van der Waals surface area contributed by atoms with Crippen molar-refractivity contribution in [2.24, 2.45) is 0 Å². The molecule has 3 amide bonds. The zero-order valence-corrected chi connectivity index (χ0v) is 14.9. The van der Waals surface area contributed by atoms with Gasteiger partial charge in [-0.1, -0.05) is 39.8 Å². The van der Waals surface area contributed by atoms with E-state index >= 15 is 0 Å². The van der Waals surface area contributed by atoms with Gasteiger partial charge in [0.2, 0.25) is 11.8 Å². The fourth-order valence-electron chi connectivity index (χ4n) is 2.96. The van der Waals surface area contributed by atoms with Crippen molar-refractivity contribution in [3.63, 3.8) is 0 Å². The van der Waals surface area contributed by atoms with E-state index in [4.69, 9.17) is 0 Å². The number of rotatable bonds is 4. The van der Waals surface area contributed by atoms with Crippen LogP contribution in [-0.4, -0.2) is 51.7 Å². The standard InChI is InChI=1S/C16H17BrN2O3S/c17-12-4-1-11(2-5-12)3-6-14(20)18-8-7-13(9-18)19-15(21)10-23-16(19)22/h1-2,4-5,13H,3,6-10H2/t13-/m1/s1. The van der Waals surface area contributed by atoms with Gasteiger partial charge < -0.3 is 4.90 Å². The summed E-state index contributed by atoms with van der Waals surface area (Å²) >= 11 is 4.44. The smallest absolute Gasteiger partial charge is 0.289 e. The lowest BCUT2D eigenvalue weighted by Crippen LogP contribution is -2.41. The van der Waals surface area contributed by atoms with Crippen molar-refractivity contribution in [1.29, 1.82) is 0 Å². The fourth-order valence-corrected chi connectivity index (χ4v) is 4.00. The molecule has 0 aliphatic carbocycles. The quantitative estimate of drug-likeness (QED) is 0.784. The number of nitrogens with zero attached hydrogens (tertiary/aromatic N) is 2. The first-order chi connectivity index (χ1) is 11.0. The van der Waals surface area contributed by atoms with Gasteiger partial charge in [-0.2, -0.15) is 0 Å². The van der Waals surface area contributed by atoms with Crippen molar-refractivity contribution >= 4 is 44.7 Å². The second-order valence-corrected chi connectivity index (χ2v) is 7.57. The summed E-state index contributed by atoms with van der Waals surface area (Å²) in [6.07, 6.45) is 1.83. The molecule has 0 N–H and O–H groups in total. The van der Waals surface area contributed by atoms with Crippen LogP contribution in [0.25, 0.3) is 0 Å². The summed E-state index contributed by atoms with van der Waals surface area (Å²) in [5, 5.41) is -0.177. The first-order valence-corrected chi connectivity index (χ1v) is 9.33. The summed E-state index contributed by atoms with van der Waals surface area (Å²) < 4.78 is 1.02. The molecule has 2 aliphatic rings. The predicted octanol–water partition coefficient (Wildman–Crippen LogP) is 2.68. The Labute approximate surface area is 147 Å². The summed E-state index contributed by atoms with van der Waals surface area (Å²) in [6.45, 7) is 1.09. The van der Waals surface area contributed by atoms with E-state index in [2.05, 4.69) is 15.9 Å². The summed E-state index contributed by atoms with van der Waals surface area (Å²) in [5.74, 6) is 0.184. The van der Waals surface area contributed by atoms with Crippen LogP contribution in [0.2, 0.25) is 0 Å². The van der Waals surface area contributed by atoms with Crippen LogP contribution in [-0.2, 0) is 16.0 Å². The number of benzene rings is 1. The third-order valence-electron chi connectivity index (χ3n) is 4.21. The molecule has 23 heavy (non-hydrogen) atoms. The van der Waals surface area contributed by atoms with Gasteiger partial charge in [0.15, 0.2) is 0 Å². The van der Waals surface area contributed by atoms with Crippen molar-refractivity contribution in [3.8, 4) is 0 Å². The number of thioether (sulfide) groups is 1. The van der Waals surface area contributed by atoms with E-state index in [0.717, 1.165) is 21.8 Å². The lowest BCUT2D eigenvalue weighted by Gasteiger charge is -2.22. The molecule has 2 heterocycles. The molecule has 2 aliphatic heterocycles. The number of likely N-dealkylation sites (tertiary alicyclic amines) is 1.